The molecule has 1 aromatic heterocycles. The third-order valence-corrected chi connectivity index (χ3v) is 3.70. The predicted molar refractivity (Wildman–Crippen MR) is 90.0 cm³/mol. The largest absolute Gasteiger partial charge is 0.320 e. The molecule has 3 aromatic rings. The Morgan fingerprint density at radius 2 is 1.57 bits per heavy atom. The molecule has 1 N–H and O–H groups in total. The number of carbonyl (C=O) groups is 1. The van der Waals surface area contributed by atoms with Gasteiger partial charge in [-0.25, -0.2) is 0 Å². The van der Waals surface area contributed by atoms with E-state index in [4.69, 9.17) is 0 Å². The molecule has 5 heteroatoms. The van der Waals surface area contributed by atoms with Crippen LogP contribution >= 0.6 is 0 Å². The SMILES string of the molecule is Cc1cccc(C)c1NC(=O)c1nn(-c2ccccc2)nc1C. The van der Waals surface area contributed by atoms with Crippen molar-refractivity contribution in [1.29, 1.82) is 0 Å². The van der Waals surface area contributed by atoms with Gasteiger partial charge in [0.05, 0.1) is 11.4 Å². The van der Waals surface area contributed by atoms with Crippen LogP contribution in [0.5, 0.6) is 0 Å². The van der Waals surface area contributed by atoms with Crippen molar-refractivity contribution in [2.24, 2.45) is 0 Å². The van der Waals surface area contributed by atoms with Crippen molar-refractivity contribution in [3.8, 4) is 5.69 Å². The third kappa shape index (κ3) is 2.99. The molecule has 1 heterocycles. The highest BCUT2D eigenvalue weighted by molar-refractivity contribution is 6.04. The zero-order valence-corrected chi connectivity index (χ0v) is 13.4. The first-order valence-corrected chi connectivity index (χ1v) is 7.43. The zero-order valence-electron chi connectivity index (χ0n) is 13.4. The molecule has 116 valence electrons. The molecule has 0 aliphatic carbocycles. The fourth-order valence-corrected chi connectivity index (χ4v) is 2.45. The van der Waals surface area contributed by atoms with Crippen molar-refractivity contribution in [2.75, 3.05) is 5.32 Å². The lowest BCUT2D eigenvalue weighted by atomic mass is 10.1. The molecule has 1 amide bonds. The number of aromatic nitrogens is 3. The number of anilines is 1. The first-order chi connectivity index (χ1) is 11.1. The van der Waals surface area contributed by atoms with Crippen LogP contribution in [0.4, 0.5) is 5.69 Å². The van der Waals surface area contributed by atoms with Gasteiger partial charge in [0, 0.05) is 5.69 Å². The van der Waals surface area contributed by atoms with E-state index in [1.54, 1.807) is 6.92 Å². The van der Waals surface area contributed by atoms with Gasteiger partial charge in [0.25, 0.3) is 5.91 Å². The molecule has 0 saturated carbocycles. The highest BCUT2D eigenvalue weighted by atomic mass is 16.2. The molecule has 23 heavy (non-hydrogen) atoms. The van der Waals surface area contributed by atoms with Crippen LogP contribution in [0.1, 0.15) is 27.3 Å². The molecule has 0 aliphatic rings. The first-order valence-electron chi connectivity index (χ1n) is 7.43. The molecular weight excluding hydrogens is 288 g/mol. The Labute approximate surface area is 135 Å². The lowest BCUT2D eigenvalue weighted by Gasteiger charge is -2.10. The second-order valence-corrected chi connectivity index (χ2v) is 5.48. The van der Waals surface area contributed by atoms with Crippen molar-refractivity contribution >= 4 is 11.6 Å². The number of carbonyl (C=O) groups excluding carboxylic acids is 1. The smallest absolute Gasteiger partial charge is 0.278 e. The predicted octanol–water partition coefficient (Wildman–Crippen LogP) is 3.44. The number of rotatable bonds is 3. The van der Waals surface area contributed by atoms with Gasteiger partial charge < -0.3 is 5.32 Å². The van der Waals surface area contributed by atoms with Crippen molar-refractivity contribution in [1.82, 2.24) is 15.0 Å². The molecule has 0 fully saturated rings. The molecule has 0 unspecified atom stereocenters. The highest BCUT2D eigenvalue weighted by Crippen LogP contribution is 2.20. The number of hydrogen-bond donors (Lipinski definition) is 1. The van der Waals surface area contributed by atoms with Crippen molar-refractivity contribution < 1.29 is 4.79 Å². The van der Waals surface area contributed by atoms with Crippen LogP contribution in [-0.2, 0) is 0 Å². The molecule has 5 nitrogen and oxygen atoms in total. The molecular formula is C18H18N4O. The van der Waals surface area contributed by atoms with E-state index in [0.29, 0.717) is 11.4 Å². The van der Waals surface area contributed by atoms with Crippen LogP contribution in [-0.4, -0.2) is 20.9 Å². The Balaban J connectivity index is 1.90. The van der Waals surface area contributed by atoms with Gasteiger partial charge in [-0.15, -0.1) is 5.10 Å². The minimum absolute atomic E-state index is 0.248. The maximum absolute atomic E-state index is 12.6. The van der Waals surface area contributed by atoms with Crippen LogP contribution in [0.2, 0.25) is 0 Å². The van der Waals surface area contributed by atoms with Crippen LogP contribution in [0, 0.1) is 20.8 Å². The summed E-state index contributed by atoms with van der Waals surface area (Å²) >= 11 is 0. The van der Waals surface area contributed by atoms with E-state index in [1.165, 1.54) is 4.80 Å². The van der Waals surface area contributed by atoms with E-state index in [-0.39, 0.29) is 5.91 Å². The van der Waals surface area contributed by atoms with Crippen molar-refractivity contribution in [3.63, 3.8) is 0 Å². The van der Waals surface area contributed by atoms with Gasteiger partial charge in [-0.05, 0) is 44.0 Å². The number of nitrogens with zero attached hydrogens (tertiary/aromatic N) is 3. The molecule has 0 radical (unpaired) electrons. The highest BCUT2D eigenvalue weighted by Gasteiger charge is 2.17. The Morgan fingerprint density at radius 1 is 0.913 bits per heavy atom. The van der Waals surface area contributed by atoms with Gasteiger partial charge in [0.1, 0.15) is 0 Å². The average molecular weight is 306 g/mol. The number of benzene rings is 2. The molecule has 0 atom stereocenters. The molecule has 2 aromatic carbocycles. The standard InChI is InChI=1S/C18H18N4O/c1-12-8-7-9-13(2)16(12)19-18(23)17-14(3)20-22(21-17)15-10-5-4-6-11-15/h4-11H,1-3H3,(H,19,23). The second kappa shape index (κ2) is 6.04. The van der Waals surface area contributed by atoms with Crippen molar-refractivity contribution in [2.45, 2.75) is 20.8 Å². The number of aryl methyl sites for hydroxylation is 3. The van der Waals surface area contributed by atoms with E-state index >= 15 is 0 Å². The van der Waals surface area contributed by atoms with E-state index in [1.807, 2.05) is 62.4 Å². The van der Waals surface area contributed by atoms with Gasteiger partial charge in [-0.1, -0.05) is 36.4 Å². The zero-order chi connectivity index (χ0) is 16.4. The Bertz CT molecular complexity index is 832. The summed E-state index contributed by atoms with van der Waals surface area (Å²) < 4.78 is 0. The van der Waals surface area contributed by atoms with E-state index in [0.717, 1.165) is 22.5 Å². The lowest BCUT2D eigenvalue weighted by Crippen LogP contribution is -2.15. The quantitative estimate of drug-likeness (QED) is 0.806. The maximum Gasteiger partial charge on any atom is 0.278 e. The van der Waals surface area contributed by atoms with Crippen LogP contribution in [0.15, 0.2) is 48.5 Å². The fraction of sp³-hybridized carbons (Fsp3) is 0.167. The number of hydrogen-bond acceptors (Lipinski definition) is 3. The minimum Gasteiger partial charge on any atom is -0.320 e. The van der Waals surface area contributed by atoms with Crippen LogP contribution in [0.3, 0.4) is 0 Å². The number of para-hydroxylation sites is 2. The molecule has 0 bridgehead atoms. The van der Waals surface area contributed by atoms with Crippen molar-refractivity contribution in [3.05, 3.63) is 71.0 Å². The number of amides is 1. The number of nitrogens with one attached hydrogen (secondary N) is 1. The van der Waals surface area contributed by atoms with E-state index in [2.05, 4.69) is 15.5 Å². The van der Waals surface area contributed by atoms with Gasteiger partial charge in [0.2, 0.25) is 0 Å². The maximum atomic E-state index is 12.6. The Morgan fingerprint density at radius 3 is 2.22 bits per heavy atom. The topological polar surface area (TPSA) is 59.8 Å². The Hall–Kier alpha value is -2.95. The normalized spacial score (nSPS) is 10.6. The van der Waals surface area contributed by atoms with Crippen LogP contribution < -0.4 is 5.32 Å². The van der Waals surface area contributed by atoms with E-state index < -0.39 is 0 Å². The first kappa shape index (κ1) is 15.0. The van der Waals surface area contributed by atoms with Gasteiger partial charge >= 0.3 is 0 Å². The molecule has 0 aliphatic heterocycles. The summed E-state index contributed by atoms with van der Waals surface area (Å²) in [5, 5.41) is 11.6. The van der Waals surface area contributed by atoms with Crippen LogP contribution in [0.25, 0.3) is 5.69 Å². The summed E-state index contributed by atoms with van der Waals surface area (Å²) in [4.78, 5) is 14.0. The summed E-state index contributed by atoms with van der Waals surface area (Å²) in [7, 11) is 0. The van der Waals surface area contributed by atoms with Gasteiger partial charge in [0.15, 0.2) is 5.69 Å². The molecule has 0 spiro atoms. The van der Waals surface area contributed by atoms with Gasteiger partial charge in [-0.2, -0.15) is 9.90 Å². The summed E-state index contributed by atoms with van der Waals surface area (Å²) in [6.07, 6.45) is 0. The molecule has 3 rings (SSSR count). The molecule has 0 saturated heterocycles. The fourth-order valence-electron chi connectivity index (χ4n) is 2.45. The second-order valence-electron chi connectivity index (χ2n) is 5.48. The Kier molecular flexibility index (Phi) is 3.93. The minimum atomic E-state index is -0.248. The monoisotopic (exact) mass is 306 g/mol. The third-order valence-electron chi connectivity index (χ3n) is 3.70. The summed E-state index contributed by atoms with van der Waals surface area (Å²) in [6, 6.07) is 15.4. The van der Waals surface area contributed by atoms with Gasteiger partial charge in [-0.3, -0.25) is 4.79 Å². The summed E-state index contributed by atoms with van der Waals surface area (Å²) in [5.74, 6) is -0.248. The average Bonchev–Trinajstić information content (AvgIpc) is 2.94. The summed E-state index contributed by atoms with van der Waals surface area (Å²) in [5.41, 5.74) is 4.61. The summed E-state index contributed by atoms with van der Waals surface area (Å²) in [6.45, 7) is 5.72. The lowest BCUT2D eigenvalue weighted by molar-refractivity contribution is 0.102. The van der Waals surface area contributed by atoms with E-state index in [9.17, 15) is 4.79 Å².